The molecule has 1 aromatic carbocycles. The molecule has 3 nitrogen and oxygen atoms in total. The summed E-state index contributed by atoms with van der Waals surface area (Å²) in [7, 11) is 0. The topological polar surface area (TPSA) is 48.1 Å². The van der Waals surface area contributed by atoms with Crippen molar-refractivity contribution in [2.75, 3.05) is 6.61 Å². The Morgan fingerprint density at radius 2 is 1.95 bits per heavy atom. The van der Waals surface area contributed by atoms with E-state index in [1.165, 1.54) is 5.56 Å². The minimum atomic E-state index is -0.0781. The first-order valence-corrected chi connectivity index (χ1v) is 7.13. The Balaban J connectivity index is 1.82. The fourth-order valence-corrected chi connectivity index (χ4v) is 1.97. The molecule has 0 saturated carbocycles. The Hall–Kier alpha value is -1.58. The molecule has 2 N–H and O–H groups in total. The SMILES string of the molecule is CCc1ccc(CC(N)COc2ccc(Cl)cc2)nc1. The summed E-state index contributed by atoms with van der Waals surface area (Å²) in [5, 5.41) is 0.696. The first-order chi connectivity index (χ1) is 9.67. The lowest BCUT2D eigenvalue weighted by molar-refractivity contribution is 0.287. The highest BCUT2D eigenvalue weighted by Crippen LogP contribution is 2.15. The summed E-state index contributed by atoms with van der Waals surface area (Å²) >= 11 is 5.82. The maximum absolute atomic E-state index is 6.06. The summed E-state index contributed by atoms with van der Waals surface area (Å²) in [5.41, 5.74) is 8.29. The molecule has 1 atom stereocenters. The molecule has 1 unspecified atom stereocenters. The largest absolute Gasteiger partial charge is 0.492 e. The smallest absolute Gasteiger partial charge is 0.119 e. The summed E-state index contributed by atoms with van der Waals surface area (Å²) in [6, 6.07) is 11.3. The summed E-state index contributed by atoms with van der Waals surface area (Å²) < 4.78 is 5.63. The van der Waals surface area contributed by atoms with Gasteiger partial charge in [-0.15, -0.1) is 0 Å². The number of aryl methyl sites for hydroxylation is 1. The van der Waals surface area contributed by atoms with Gasteiger partial charge in [-0.1, -0.05) is 24.6 Å². The standard InChI is InChI=1S/C16H19ClN2O/c1-2-12-3-6-15(19-10-12)9-14(18)11-20-16-7-4-13(17)5-8-16/h3-8,10,14H,2,9,11,18H2,1H3. The second-order valence-corrected chi connectivity index (χ2v) is 5.18. The number of rotatable bonds is 6. The van der Waals surface area contributed by atoms with Gasteiger partial charge in [0, 0.05) is 29.4 Å². The van der Waals surface area contributed by atoms with Gasteiger partial charge in [-0.3, -0.25) is 4.98 Å². The average molecular weight is 291 g/mol. The predicted molar refractivity (Wildman–Crippen MR) is 82.2 cm³/mol. The molecule has 0 aliphatic carbocycles. The molecule has 106 valence electrons. The highest BCUT2D eigenvalue weighted by molar-refractivity contribution is 6.30. The fourth-order valence-electron chi connectivity index (χ4n) is 1.85. The van der Waals surface area contributed by atoms with Crippen LogP contribution < -0.4 is 10.5 Å². The molecule has 0 spiro atoms. The van der Waals surface area contributed by atoms with Gasteiger partial charge in [-0.05, 0) is 42.3 Å². The fraction of sp³-hybridized carbons (Fsp3) is 0.312. The van der Waals surface area contributed by atoms with Gasteiger partial charge in [-0.25, -0.2) is 0 Å². The molecule has 0 aliphatic rings. The second kappa shape index (κ2) is 7.27. The monoisotopic (exact) mass is 290 g/mol. The Morgan fingerprint density at radius 1 is 1.20 bits per heavy atom. The third-order valence-electron chi connectivity index (χ3n) is 3.04. The van der Waals surface area contributed by atoms with E-state index in [0.717, 1.165) is 17.9 Å². The van der Waals surface area contributed by atoms with Gasteiger partial charge in [0.05, 0.1) is 0 Å². The van der Waals surface area contributed by atoms with Crippen molar-refractivity contribution < 1.29 is 4.74 Å². The molecule has 0 radical (unpaired) electrons. The summed E-state index contributed by atoms with van der Waals surface area (Å²) in [4.78, 5) is 4.40. The molecule has 2 aromatic rings. The zero-order valence-electron chi connectivity index (χ0n) is 11.6. The quantitative estimate of drug-likeness (QED) is 0.888. The maximum Gasteiger partial charge on any atom is 0.119 e. The first kappa shape index (κ1) is 14.8. The number of ether oxygens (including phenoxy) is 1. The number of pyridine rings is 1. The number of aromatic nitrogens is 1. The normalized spacial score (nSPS) is 12.2. The average Bonchev–Trinajstić information content (AvgIpc) is 2.47. The van der Waals surface area contributed by atoms with Crippen molar-refractivity contribution in [3.05, 3.63) is 58.9 Å². The molecule has 0 fully saturated rings. The Kier molecular flexibility index (Phi) is 5.39. The highest BCUT2D eigenvalue weighted by atomic mass is 35.5. The zero-order valence-corrected chi connectivity index (χ0v) is 12.3. The molecular formula is C16H19ClN2O. The van der Waals surface area contributed by atoms with Crippen LogP contribution in [0.1, 0.15) is 18.2 Å². The lowest BCUT2D eigenvalue weighted by atomic mass is 10.1. The Labute approximate surface area is 124 Å². The molecule has 2 rings (SSSR count). The van der Waals surface area contributed by atoms with Gasteiger partial charge in [0.1, 0.15) is 12.4 Å². The second-order valence-electron chi connectivity index (χ2n) is 4.74. The number of nitrogens with two attached hydrogens (primary N) is 1. The molecule has 1 aromatic heterocycles. The first-order valence-electron chi connectivity index (χ1n) is 6.75. The van der Waals surface area contributed by atoms with Crippen molar-refractivity contribution >= 4 is 11.6 Å². The van der Waals surface area contributed by atoms with Crippen molar-refractivity contribution in [1.82, 2.24) is 4.98 Å². The van der Waals surface area contributed by atoms with E-state index in [9.17, 15) is 0 Å². The van der Waals surface area contributed by atoms with E-state index in [2.05, 4.69) is 18.0 Å². The number of hydrogen-bond donors (Lipinski definition) is 1. The van der Waals surface area contributed by atoms with Gasteiger partial charge < -0.3 is 10.5 Å². The van der Waals surface area contributed by atoms with Gasteiger partial charge in [-0.2, -0.15) is 0 Å². The third kappa shape index (κ3) is 4.51. The van der Waals surface area contributed by atoms with Crippen molar-refractivity contribution in [1.29, 1.82) is 0 Å². The van der Waals surface area contributed by atoms with Gasteiger partial charge >= 0.3 is 0 Å². The third-order valence-corrected chi connectivity index (χ3v) is 3.30. The number of benzene rings is 1. The van der Waals surface area contributed by atoms with E-state index >= 15 is 0 Å². The van der Waals surface area contributed by atoms with E-state index in [1.807, 2.05) is 24.4 Å². The molecule has 0 saturated heterocycles. The molecule has 1 heterocycles. The van der Waals surface area contributed by atoms with Crippen molar-refractivity contribution in [3.8, 4) is 5.75 Å². The Morgan fingerprint density at radius 3 is 2.55 bits per heavy atom. The van der Waals surface area contributed by atoms with Gasteiger partial charge in [0.25, 0.3) is 0 Å². The van der Waals surface area contributed by atoms with Gasteiger partial charge in [0.2, 0.25) is 0 Å². The summed E-state index contributed by atoms with van der Waals surface area (Å²) in [5.74, 6) is 0.777. The molecule has 4 heteroatoms. The van der Waals surface area contributed by atoms with Crippen molar-refractivity contribution in [2.45, 2.75) is 25.8 Å². The lowest BCUT2D eigenvalue weighted by Crippen LogP contribution is -2.30. The predicted octanol–water partition coefficient (Wildman–Crippen LogP) is 3.25. The van der Waals surface area contributed by atoms with E-state index in [1.54, 1.807) is 12.1 Å². The van der Waals surface area contributed by atoms with Crippen LogP contribution in [0.3, 0.4) is 0 Å². The lowest BCUT2D eigenvalue weighted by Gasteiger charge is -2.13. The van der Waals surface area contributed by atoms with Crippen LogP contribution in [-0.2, 0) is 12.8 Å². The van der Waals surface area contributed by atoms with Crippen LogP contribution in [0.5, 0.6) is 5.75 Å². The van der Waals surface area contributed by atoms with Crippen LogP contribution in [0, 0.1) is 0 Å². The molecule has 20 heavy (non-hydrogen) atoms. The Bertz CT molecular complexity index is 525. The highest BCUT2D eigenvalue weighted by Gasteiger charge is 2.06. The number of halogens is 1. The van der Waals surface area contributed by atoms with Crippen LogP contribution in [0.15, 0.2) is 42.6 Å². The van der Waals surface area contributed by atoms with Crippen LogP contribution in [-0.4, -0.2) is 17.6 Å². The molecule has 0 amide bonds. The molecular weight excluding hydrogens is 272 g/mol. The zero-order chi connectivity index (χ0) is 14.4. The molecule has 0 bridgehead atoms. The van der Waals surface area contributed by atoms with Crippen LogP contribution in [0.2, 0.25) is 5.02 Å². The van der Waals surface area contributed by atoms with Gasteiger partial charge in [0.15, 0.2) is 0 Å². The summed E-state index contributed by atoms with van der Waals surface area (Å²) in [6.07, 6.45) is 3.61. The van der Waals surface area contributed by atoms with Crippen LogP contribution >= 0.6 is 11.6 Å². The minimum absolute atomic E-state index is 0.0781. The van der Waals surface area contributed by atoms with Crippen molar-refractivity contribution in [3.63, 3.8) is 0 Å². The van der Waals surface area contributed by atoms with Crippen molar-refractivity contribution in [2.24, 2.45) is 5.73 Å². The molecule has 0 aliphatic heterocycles. The van der Waals surface area contributed by atoms with E-state index < -0.39 is 0 Å². The number of hydrogen-bond acceptors (Lipinski definition) is 3. The van der Waals surface area contributed by atoms with Crippen LogP contribution in [0.4, 0.5) is 0 Å². The maximum atomic E-state index is 6.06. The summed E-state index contributed by atoms with van der Waals surface area (Å²) in [6.45, 7) is 2.57. The van der Waals surface area contributed by atoms with E-state index in [4.69, 9.17) is 22.1 Å². The minimum Gasteiger partial charge on any atom is -0.492 e. The van der Waals surface area contributed by atoms with E-state index in [-0.39, 0.29) is 6.04 Å². The van der Waals surface area contributed by atoms with Crippen LogP contribution in [0.25, 0.3) is 0 Å². The van der Waals surface area contributed by atoms with E-state index in [0.29, 0.717) is 18.1 Å². The number of nitrogens with zero attached hydrogens (tertiary/aromatic N) is 1.